The van der Waals surface area contributed by atoms with Gasteiger partial charge in [-0.25, -0.2) is 16.8 Å². The Balaban J connectivity index is 1.77. The van der Waals surface area contributed by atoms with Crippen molar-refractivity contribution in [3.05, 3.63) is 78.5 Å². The Hall–Kier alpha value is -2.69. The molecule has 0 aliphatic rings. The van der Waals surface area contributed by atoms with Crippen molar-refractivity contribution in [1.29, 1.82) is 0 Å². The number of rotatable bonds is 11. The van der Waals surface area contributed by atoms with Crippen molar-refractivity contribution in [3.8, 4) is 5.75 Å². The number of nitrogens with zero attached hydrogens (tertiary/aromatic N) is 2. The molecule has 0 spiro atoms. The van der Waals surface area contributed by atoms with Crippen molar-refractivity contribution < 1.29 is 26.0 Å². The first-order chi connectivity index (χ1) is 14.8. The number of sulfone groups is 1. The molecule has 0 atom stereocenters. The van der Waals surface area contributed by atoms with Crippen molar-refractivity contribution >= 4 is 19.9 Å². The van der Waals surface area contributed by atoms with Crippen molar-refractivity contribution in [2.75, 3.05) is 18.1 Å². The summed E-state index contributed by atoms with van der Waals surface area (Å²) in [6, 6.07) is 12.9. The van der Waals surface area contributed by atoms with Crippen molar-refractivity contribution in [2.24, 2.45) is 0 Å². The maximum absolute atomic E-state index is 13.3. The highest BCUT2D eigenvalue weighted by Crippen LogP contribution is 2.23. The molecule has 2 aromatic heterocycles. The molecule has 3 rings (SSSR count). The standard InChI is InChI=1S/C21H24N2O6S2/c1-2-30(24,25)14-13-29-19-7-9-21(10-8-19)31(26,27)23(17-20-6-4-12-28-20)16-18-5-3-11-22-15-18/h3-12,15H,2,13-14,16-17H2,1H3. The summed E-state index contributed by atoms with van der Waals surface area (Å²) in [5.41, 5.74) is 0.745. The smallest absolute Gasteiger partial charge is 0.243 e. The van der Waals surface area contributed by atoms with Crippen LogP contribution in [-0.2, 0) is 33.0 Å². The molecule has 0 radical (unpaired) electrons. The summed E-state index contributed by atoms with van der Waals surface area (Å²) in [5, 5.41) is 0. The highest BCUT2D eigenvalue weighted by atomic mass is 32.2. The van der Waals surface area contributed by atoms with Gasteiger partial charge in [0.25, 0.3) is 0 Å². The van der Waals surface area contributed by atoms with E-state index in [1.165, 1.54) is 34.8 Å². The molecule has 2 heterocycles. The van der Waals surface area contributed by atoms with Crippen LogP contribution in [0.4, 0.5) is 0 Å². The Kier molecular flexibility index (Phi) is 7.47. The average molecular weight is 465 g/mol. The number of hydrogen-bond acceptors (Lipinski definition) is 7. The van der Waals surface area contributed by atoms with Gasteiger partial charge in [0, 0.05) is 24.7 Å². The molecule has 0 bridgehead atoms. The van der Waals surface area contributed by atoms with Gasteiger partial charge in [-0.3, -0.25) is 4.98 Å². The van der Waals surface area contributed by atoms with Gasteiger partial charge in [0.15, 0.2) is 9.84 Å². The highest BCUT2D eigenvalue weighted by Gasteiger charge is 2.26. The van der Waals surface area contributed by atoms with Gasteiger partial charge >= 0.3 is 0 Å². The van der Waals surface area contributed by atoms with Crippen LogP contribution in [0.2, 0.25) is 0 Å². The third-order valence-corrected chi connectivity index (χ3v) is 8.03. The number of sulfonamides is 1. The van der Waals surface area contributed by atoms with E-state index in [0.29, 0.717) is 11.5 Å². The summed E-state index contributed by atoms with van der Waals surface area (Å²) < 4.78 is 61.8. The first kappa shape index (κ1) is 23.0. The van der Waals surface area contributed by atoms with Crippen molar-refractivity contribution in [3.63, 3.8) is 0 Å². The predicted molar refractivity (Wildman–Crippen MR) is 116 cm³/mol. The largest absolute Gasteiger partial charge is 0.493 e. The maximum Gasteiger partial charge on any atom is 0.243 e. The first-order valence-electron chi connectivity index (χ1n) is 9.65. The number of aromatic nitrogens is 1. The van der Waals surface area contributed by atoms with Crippen LogP contribution in [0.1, 0.15) is 18.2 Å². The van der Waals surface area contributed by atoms with Crippen LogP contribution in [-0.4, -0.2) is 44.2 Å². The Labute approximate surface area is 182 Å². The number of ether oxygens (including phenoxy) is 1. The molecule has 0 unspecified atom stereocenters. The van der Waals surface area contributed by atoms with Gasteiger partial charge in [-0.15, -0.1) is 0 Å². The lowest BCUT2D eigenvalue weighted by Gasteiger charge is -2.21. The highest BCUT2D eigenvalue weighted by molar-refractivity contribution is 7.91. The van der Waals surface area contributed by atoms with Gasteiger partial charge in [-0.1, -0.05) is 13.0 Å². The van der Waals surface area contributed by atoms with E-state index in [1.807, 2.05) is 0 Å². The summed E-state index contributed by atoms with van der Waals surface area (Å²) in [6.45, 7) is 1.78. The quantitative estimate of drug-likeness (QED) is 0.429. The second kappa shape index (κ2) is 10.1. The molecule has 0 amide bonds. The van der Waals surface area contributed by atoms with Crippen LogP contribution >= 0.6 is 0 Å². The van der Waals surface area contributed by atoms with Crippen LogP contribution in [0.15, 0.2) is 76.5 Å². The monoisotopic (exact) mass is 464 g/mol. The molecule has 3 aromatic rings. The molecule has 31 heavy (non-hydrogen) atoms. The zero-order valence-electron chi connectivity index (χ0n) is 17.0. The van der Waals surface area contributed by atoms with Crippen LogP contribution < -0.4 is 4.74 Å². The van der Waals surface area contributed by atoms with Gasteiger partial charge in [0.2, 0.25) is 10.0 Å². The average Bonchev–Trinajstić information content (AvgIpc) is 3.27. The van der Waals surface area contributed by atoms with Crippen LogP contribution in [0.25, 0.3) is 0 Å². The Morgan fingerprint density at radius 1 is 1.00 bits per heavy atom. The van der Waals surface area contributed by atoms with Gasteiger partial charge in [-0.2, -0.15) is 4.31 Å². The fraction of sp³-hybridized carbons (Fsp3) is 0.286. The number of pyridine rings is 1. The summed E-state index contributed by atoms with van der Waals surface area (Å²) in [7, 11) is -6.97. The molecule has 0 aliphatic heterocycles. The molecule has 0 saturated heterocycles. The first-order valence-corrected chi connectivity index (χ1v) is 12.9. The van der Waals surface area contributed by atoms with E-state index in [2.05, 4.69) is 4.98 Å². The molecular weight excluding hydrogens is 440 g/mol. The van der Waals surface area contributed by atoms with E-state index in [-0.39, 0.29) is 36.1 Å². The second-order valence-electron chi connectivity index (χ2n) is 6.77. The van der Waals surface area contributed by atoms with Gasteiger partial charge in [-0.05, 0) is 48.0 Å². The lowest BCUT2D eigenvalue weighted by Crippen LogP contribution is -2.30. The van der Waals surface area contributed by atoms with Crippen LogP contribution in [0, 0.1) is 0 Å². The van der Waals surface area contributed by atoms with Crippen LogP contribution in [0.3, 0.4) is 0 Å². The summed E-state index contributed by atoms with van der Waals surface area (Å²) in [5.74, 6) is 0.876. The molecule has 0 N–H and O–H groups in total. The van der Waals surface area contributed by atoms with Crippen molar-refractivity contribution in [2.45, 2.75) is 24.9 Å². The number of hydrogen-bond donors (Lipinski definition) is 0. The second-order valence-corrected chi connectivity index (χ2v) is 11.2. The minimum absolute atomic E-state index is 0.00783. The van der Waals surface area contributed by atoms with E-state index in [1.54, 1.807) is 43.6 Å². The third-order valence-electron chi connectivity index (χ3n) is 4.56. The summed E-state index contributed by atoms with van der Waals surface area (Å²) >= 11 is 0. The van der Waals surface area contributed by atoms with Gasteiger partial charge in [0.1, 0.15) is 18.1 Å². The fourth-order valence-electron chi connectivity index (χ4n) is 2.79. The summed E-state index contributed by atoms with van der Waals surface area (Å²) in [4.78, 5) is 4.14. The van der Waals surface area contributed by atoms with Gasteiger partial charge in [0.05, 0.1) is 23.5 Å². The van der Waals surface area contributed by atoms with Gasteiger partial charge < -0.3 is 9.15 Å². The molecule has 0 aliphatic carbocycles. The molecule has 166 valence electrons. The third kappa shape index (κ3) is 6.39. The summed E-state index contributed by atoms with van der Waals surface area (Å²) in [6.07, 6.45) is 4.74. The number of benzene rings is 1. The molecule has 1 aromatic carbocycles. The SMILES string of the molecule is CCS(=O)(=O)CCOc1ccc(S(=O)(=O)N(Cc2cccnc2)Cc2ccco2)cc1. The van der Waals surface area contributed by atoms with E-state index in [9.17, 15) is 16.8 Å². The molecule has 0 saturated carbocycles. The van der Waals surface area contributed by atoms with E-state index in [0.717, 1.165) is 5.56 Å². The fourth-order valence-corrected chi connectivity index (χ4v) is 4.81. The lowest BCUT2D eigenvalue weighted by molar-refractivity contribution is 0.340. The molecule has 8 nitrogen and oxygen atoms in total. The zero-order valence-corrected chi connectivity index (χ0v) is 18.7. The normalized spacial score (nSPS) is 12.2. The Morgan fingerprint density at radius 2 is 1.77 bits per heavy atom. The molecule has 0 fully saturated rings. The van der Waals surface area contributed by atoms with E-state index in [4.69, 9.17) is 9.15 Å². The molecular formula is C21H24N2O6S2. The topological polar surface area (TPSA) is 107 Å². The Bertz CT molecular complexity index is 1160. The predicted octanol–water partition coefficient (Wildman–Crippen LogP) is 2.88. The van der Waals surface area contributed by atoms with Crippen molar-refractivity contribution in [1.82, 2.24) is 9.29 Å². The maximum atomic E-state index is 13.3. The van der Waals surface area contributed by atoms with E-state index >= 15 is 0 Å². The minimum atomic E-state index is -3.85. The Morgan fingerprint density at radius 3 is 2.39 bits per heavy atom. The zero-order chi connectivity index (χ0) is 22.3. The molecule has 10 heteroatoms. The number of furan rings is 1. The van der Waals surface area contributed by atoms with E-state index < -0.39 is 19.9 Å². The minimum Gasteiger partial charge on any atom is -0.493 e. The lowest BCUT2D eigenvalue weighted by atomic mass is 10.3. The van der Waals surface area contributed by atoms with Crippen LogP contribution in [0.5, 0.6) is 5.75 Å².